The van der Waals surface area contributed by atoms with Gasteiger partial charge in [0.05, 0.1) is 5.69 Å². The standard InChI is InChI=1S/C15H22FN3O/c1-2-11-5-7-19(10-11)8-6-15(20)18-12-3-4-13(16)14(17)9-12/h3-4,9,11H,2,5-8,10,17H2,1H3,(H,18,20). The van der Waals surface area contributed by atoms with E-state index >= 15 is 0 Å². The van der Waals surface area contributed by atoms with Gasteiger partial charge in [0, 0.05) is 25.2 Å². The Hall–Kier alpha value is -1.62. The lowest BCUT2D eigenvalue weighted by atomic mass is 10.1. The predicted molar refractivity (Wildman–Crippen MR) is 78.9 cm³/mol. The number of halogens is 1. The first kappa shape index (κ1) is 14.8. The molecule has 1 atom stereocenters. The Balaban J connectivity index is 1.76. The maximum absolute atomic E-state index is 13.0. The average molecular weight is 279 g/mol. The molecule has 5 heteroatoms. The molecule has 1 aliphatic heterocycles. The van der Waals surface area contributed by atoms with Crippen LogP contribution in [-0.2, 0) is 4.79 Å². The van der Waals surface area contributed by atoms with Crippen LogP contribution in [0.4, 0.5) is 15.8 Å². The van der Waals surface area contributed by atoms with Crippen molar-refractivity contribution in [2.45, 2.75) is 26.2 Å². The summed E-state index contributed by atoms with van der Waals surface area (Å²) in [4.78, 5) is 14.2. The summed E-state index contributed by atoms with van der Waals surface area (Å²) in [5, 5.41) is 2.75. The molecule has 1 fully saturated rings. The largest absolute Gasteiger partial charge is 0.396 e. The van der Waals surface area contributed by atoms with Crippen LogP contribution in [0.1, 0.15) is 26.2 Å². The molecule has 1 aromatic rings. The van der Waals surface area contributed by atoms with E-state index in [1.165, 1.54) is 31.0 Å². The van der Waals surface area contributed by atoms with E-state index in [1.807, 2.05) is 0 Å². The molecule has 0 aliphatic carbocycles. The number of nitrogens with one attached hydrogen (secondary N) is 1. The number of carbonyl (C=O) groups excluding carboxylic acids is 1. The predicted octanol–water partition coefficient (Wildman–Crippen LogP) is 2.47. The maximum Gasteiger partial charge on any atom is 0.225 e. The zero-order valence-electron chi connectivity index (χ0n) is 11.9. The van der Waals surface area contributed by atoms with E-state index in [0.717, 1.165) is 25.6 Å². The van der Waals surface area contributed by atoms with Gasteiger partial charge < -0.3 is 16.0 Å². The van der Waals surface area contributed by atoms with Gasteiger partial charge in [-0.3, -0.25) is 4.79 Å². The number of amides is 1. The second-order valence-corrected chi connectivity index (χ2v) is 5.40. The van der Waals surface area contributed by atoms with Gasteiger partial charge in [-0.05, 0) is 37.1 Å². The molecule has 20 heavy (non-hydrogen) atoms. The molecule has 3 N–H and O–H groups in total. The summed E-state index contributed by atoms with van der Waals surface area (Å²) in [5.41, 5.74) is 6.06. The summed E-state index contributed by atoms with van der Waals surface area (Å²) < 4.78 is 13.0. The number of benzene rings is 1. The quantitative estimate of drug-likeness (QED) is 0.814. The molecule has 1 aliphatic rings. The Morgan fingerprint density at radius 1 is 1.55 bits per heavy atom. The van der Waals surface area contributed by atoms with Gasteiger partial charge in [-0.1, -0.05) is 13.3 Å². The minimum Gasteiger partial charge on any atom is -0.396 e. The first-order valence-corrected chi connectivity index (χ1v) is 7.15. The number of nitrogens with two attached hydrogens (primary N) is 1. The van der Waals surface area contributed by atoms with Crippen molar-refractivity contribution in [3.8, 4) is 0 Å². The smallest absolute Gasteiger partial charge is 0.225 e. The number of likely N-dealkylation sites (tertiary alicyclic amines) is 1. The van der Waals surface area contributed by atoms with Crippen molar-refractivity contribution in [3.63, 3.8) is 0 Å². The number of anilines is 2. The molecular formula is C15H22FN3O. The number of hydrogen-bond acceptors (Lipinski definition) is 3. The highest BCUT2D eigenvalue weighted by atomic mass is 19.1. The zero-order valence-corrected chi connectivity index (χ0v) is 11.9. The fraction of sp³-hybridized carbons (Fsp3) is 0.533. The molecule has 0 bridgehead atoms. The average Bonchev–Trinajstić information content (AvgIpc) is 2.89. The van der Waals surface area contributed by atoms with Crippen molar-refractivity contribution in [1.82, 2.24) is 4.90 Å². The van der Waals surface area contributed by atoms with E-state index in [1.54, 1.807) is 0 Å². The summed E-state index contributed by atoms with van der Waals surface area (Å²) in [5.74, 6) is 0.247. The topological polar surface area (TPSA) is 58.4 Å². The van der Waals surface area contributed by atoms with Crippen LogP contribution in [0.3, 0.4) is 0 Å². The summed E-state index contributed by atoms with van der Waals surface area (Å²) in [7, 11) is 0. The zero-order chi connectivity index (χ0) is 14.5. The minimum atomic E-state index is -0.467. The summed E-state index contributed by atoms with van der Waals surface area (Å²) in [6.45, 7) is 5.15. The summed E-state index contributed by atoms with van der Waals surface area (Å²) >= 11 is 0. The van der Waals surface area contributed by atoms with E-state index in [0.29, 0.717) is 12.1 Å². The van der Waals surface area contributed by atoms with E-state index < -0.39 is 5.82 Å². The van der Waals surface area contributed by atoms with Crippen LogP contribution in [0.2, 0.25) is 0 Å². The van der Waals surface area contributed by atoms with Crippen molar-refractivity contribution in [2.75, 3.05) is 30.7 Å². The Morgan fingerprint density at radius 2 is 2.35 bits per heavy atom. The third-order valence-electron chi connectivity index (χ3n) is 3.88. The van der Waals surface area contributed by atoms with Crippen LogP contribution in [-0.4, -0.2) is 30.4 Å². The minimum absolute atomic E-state index is 0.0492. The van der Waals surface area contributed by atoms with Gasteiger partial charge in [-0.15, -0.1) is 0 Å². The molecule has 2 rings (SSSR count). The van der Waals surface area contributed by atoms with E-state index in [-0.39, 0.29) is 11.6 Å². The monoisotopic (exact) mass is 279 g/mol. The van der Waals surface area contributed by atoms with Gasteiger partial charge in [0.15, 0.2) is 0 Å². The van der Waals surface area contributed by atoms with Crippen LogP contribution in [0, 0.1) is 11.7 Å². The van der Waals surface area contributed by atoms with E-state index in [4.69, 9.17) is 5.73 Å². The van der Waals surface area contributed by atoms with Gasteiger partial charge in [0.1, 0.15) is 5.82 Å². The van der Waals surface area contributed by atoms with Crippen molar-refractivity contribution in [3.05, 3.63) is 24.0 Å². The Bertz CT molecular complexity index is 478. The fourth-order valence-electron chi connectivity index (χ4n) is 2.55. The highest BCUT2D eigenvalue weighted by Crippen LogP contribution is 2.19. The van der Waals surface area contributed by atoms with Crippen molar-refractivity contribution in [2.24, 2.45) is 5.92 Å². The van der Waals surface area contributed by atoms with Gasteiger partial charge in [0.25, 0.3) is 0 Å². The van der Waals surface area contributed by atoms with Crippen molar-refractivity contribution >= 4 is 17.3 Å². The second-order valence-electron chi connectivity index (χ2n) is 5.40. The molecule has 4 nitrogen and oxygen atoms in total. The molecule has 1 unspecified atom stereocenters. The van der Waals surface area contributed by atoms with Crippen LogP contribution < -0.4 is 11.1 Å². The number of hydrogen-bond donors (Lipinski definition) is 2. The SMILES string of the molecule is CCC1CCN(CCC(=O)Nc2ccc(F)c(N)c2)C1. The van der Waals surface area contributed by atoms with E-state index in [2.05, 4.69) is 17.1 Å². The molecule has 1 amide bonds. The normalized spacial score (nSPS) is 19.2. The highest BCUT2D eigenvalue weighted by molar-refractivity contribution is 5.91. The van der Waals surface area contributed by atoms with Gasteiger partial charge in [0.2, 0.25) is 5.91 Å². The highest BCUT2D eigenvalue weighted by Gasteiger charge is 2.20. The lowest BCUT2D eigenvalue weighted by Crippen LogP contribution is -2.26. The lowest BCUT2D eigenvalue weighted by Gasteiger charge is -2.15. The van der Waals surface area contributed by atoms with Gasteiger partial charge in [-0.2, -0.15) is 0 Å². The first-order valence-electron chi connectivity index (χ1n) is 7.15. The molecule has 1 saturated heterocycles. The van der Waals surface area contributed by atoms with Gasteiger partial charge >= 0.3 is 0 Å². The fourth-order valence-corrected chi connectivity index (χ4v) is 2.55. The van der Waals surface area contributed by atoms with Crippen molar-refractivity contribution < 1.29 is 9.18 Å². The number of carbonyl (C=O) groups is 1. The Kier molecular flexibility index (Phi) is 4.95. The molecule has 110 valence electrons. The molecule has 0 saturated carbocycles. The number of rotatable bonds is 5. The Morgan fingerprint density at radius 3 is 3.00 bits per heavy atom. The maximum atomic E-state index is 13.0. The van der Waals surface area contributed by atoms with Crippen LogP contribution in [0.25, 0.3) is 0 Å². The number of nitrogens with zero attached hydrogens (tertiary/aromatic N) is 1. The third-order valence-corrected chi connectivity index (χ3v) is 3.88. The number of nitrogen functional groups attached to an aromatic ring is 1. The summed E-state index contributed by atoms with van der Waals surface area (Å²) in [6.07, 6.45) is 2.89. The Labute approximate surface area is 119 Å². The van der Waals surface area contributed by atoms with Crippen LogP contribution >= 0.6 is 0 Å². The summed E-state index contributed by atoms with van der Waals surface area (Å²) in [6, 6.07) is 4.22. The molecular weight excluding hydrogens is 257 g/mol. The molecule has 0 spiro atoms. The molecule has 1 aromatic carbocycles. The van der Waals surface area contributed by atoms with Crippen molar-refractivity contribution in [1.29, 1.82) is 0 Å². The van der Waals surface area contributed by atoms with Crippen LogP contribution in [0.15, 0.2) is 18.2 Å². The first-order chi connectivity index (χ1) is 9.58. The van der Waals surface area contributed by atoms with Gasteiger partial charge in [-0.25, -0.2) is 4.39 Å². The second kappa shape index (κ2) is 6.70. The van der Waals surface area contributed by atoms with Crippen LogP contribution in [0.5, 0.6) is 0 Å². The molecule has 0 aromatic heterocycles. The lowest BCUT2D eigenvalue weighted by molar-refractivity contribution is -0.116. The third kappa shape index (κ3) is 3.93. The molecule has 0 radical (unpaired) electrons. The molecule has 1 heterocycles. The van der Waals surface area contributed by atoms with E-state index in [9.17, 15) is 9.18 Å².